The van der Waals surface area contributed by atoms with Crippen LogP contribution in [0, 0.1) is 5.92 Å². The van der Waals surface area contributed by atoms with Gasteiger partial charge in [0.25, 0.3) is 5.91 Å². The predicted molar refractivity (Wildman–Crippen MR) is 76.3 cm³/mol. The number of anilines is 1. The lowest BCUT2D eigenvalue weighted by molar-refractivity contribution is -0.121. The minimum Gasteiger partial charge on any atom is -0.484 e. The summed E-state index contributed by atoms with van der Waals surface area (Å²) in [4.78, 5) is 22.7. The lowest BCUT2D eigenvalue weighted by atomic mass is 9.88. The number of ether oxygens (including phenoxy) is 1. The van der Waals surface area contributed by atoms with Crippen LogP contribution in [0.15, 0.2) is 24.3 Å². The van der Waals surface area contributed by atoms with Crippen LogP contribution in [0.3, 0.4) is 0 Å². The Kier molecular flexibility index (Phi) is 4.98. The van der Waals surface area contributed by atoms with Crippen molar-refractivity contribution in [3.8, 4) is 5.75 Å². The second-order valence-electron chi connectivity index (χ2n) is 5.10. The van der Waals surface area contributed by atoms with Gasteiger partial charge in [-0.15, -0.1) is 0 Å². The lowest BCUT2D eigenvalue weighted by Gasteiger charge is -2.20. The van der Waals surface area contributed by atoms with Crippen molar-refractivity contribution in [1.82, 2.24) is 0 Å². The maximum absolute atomic E-state index is 12.1. The number of benzene rings is 1. The third kappa shape index (κ3) is 4.26. The summed E-state index contributed by atoms with van der Waals surface area (Å²) < 4.78 is 5.16. The van der Waals surface area contributed by atoms with Gasteiger partial charge in [-0.05, 0) is 37.1 Å². The molecule has 1 saturated carbocycles. The first kappa shape index (κ1) is 14.4. The zero-order valence-electron chi connectivity index (χ0n) is 11.4. The van der Waals surface area contributed by atoms with Gasteiger partial charge in [-0.3, -0.25) is 9.59 Å². The van der Waals surface area contributed by atoms with Crippen molar-refractivity contribution in [2.75, 3.05) is 11.9 Å². The topological polar surface area (TPSA) is 81.4 Å². The number of amides is 2. The van der Waals surface area contributed by atoms with E-state index in [0.29, 0.717) is 5.75 Å². The summed E-state index contributed by atoms with van der Waals surface area (Å²) in [7, 11) is 0. The van der Waals surface area contributed by atoms with Gasteiger partial charge in [-0.1, -0.05) is 19.3 Å². The molecule has 1 aromatic carbocycles. The Morgan fingerprint density at radius 1 is 1.15 bits per heavy atom. The first-order valence-electron chi connectivity index (χ1n) is 6.97. The summed E-state index contributed by atoms with van der Waals surface area (Å²) in [6.45, 7) is -0.145. The lowest BCUT2D eigenvalue weighted by Crippen LogP contribution is -2.24. The average molecular weight is 276 g/mol. The molecule has 1 fully saturated rings. The number of carbonyl (C=O) groups excluding carboxylic acids is 2. The number of carbonyl (C=O) groups is 2. The largest absolute Gasteiger partial charge is 0.484 e. The summed E-state index contributed by atoms with van der Waals surface area (Å²) in [5, 5.41) is 2.92. The Hall–Kier alpha value is -2.04. The van der Waals surface area contributed by atoms with Crippen molar-refractivity contribution in [1.29, 1.82) is 0 Å². The number of rotatable bonds is 5. The highest BCUT2D eigenvalue weighted by Gasteiger charge is 2.20. The summed E-state index contributed by atoms with van der Waals surface area (Å²) >= 11 is 0. The van der Waals surface area contributed by atoms with Gasteiger partial charge in [0.1, 0.15) is 5.75 Å². The second kappa shape index (κ2) is 6.93. The maximum Gasteiger partial charge on any atom is 0.255 e. The van der Waals surface area contributed by atoms with Crippen LogP contribution in [0.5, 0.6) is 5.75 Å². The number of nitrogens with one attached hydrogen (secondary N) is 1. The van der Waals surface area contributed by atoms with E-state index in [2.05, 4.69) is 5.32 Å². The van der Waals surface area contributed by atoms with Gasteiger partial charge in [-0.2, -0.15) is 0 Å². The zero-order chi connectivity index (χ0) is 14.4. The molecule has 0 unspecified atom stereocenters. The molecule has 0 spiro atoms. The Bertz CT molecular complexity index is 465. The summed E-state index contributed by atoms with van der Waals surface area (Å²) in [5.41, 5.74) is 5.74. The van der Waals surface area contributed by atoms with Gasteiger partial charge in [0.05, 0.1) is 0 Å². The van der Waals surface area contributed by atoms with E-state index < -0.39 is 5.91 Å². The van der Waals surface area contributed by atoms with E-state index in [9.17, 15) is 9.59 Å². The first-order valence-corrected chi connectivity index (χ1v) is 6.97. The molecule has 108 valence electrons. The fourth-order valence-electron chi connectivity index (χ4n) is 2.40. The van der Waals surface area contributed by atoms with Crippen LogP contribution in [-0.4, -0.2) is 18.4 Å². The molecule has 3 N–H and O–H groups in total. The fraction of sp³-hybridized carbons (Fsp3) is 0.467. The van der Waals surface area contributed by atoms with Crippen LogP contribution in [0.4, 0.5) is 5.69 Å². The molecule has 1 aromatic rings. The number of primary amides is 1. The SMILES string of the molecule is NC(=O)COc1ccc(NC(=O)C2CCCCC2)cc1. The first-order chi connectivity index (χ1) is 9.65. The van der Waals surface area contributed by atoms with Gasteiger partial charge in [-0.25, -0.2) is 0 Å². The van der Waals surface area contributed by atoms with Crippen LogP contribution in [0.1, 0.15) is 32.1 Å². The van der Waals surface area contributed by atoms with Gasteiger partial charge in [0.2, 0.25) is 5.91 Å². The normalized spacial score (nSPS) is 15.6. The van der Waals surface area contributed by atoms with Gasteiger partial charge in [0.15, 0.2) is 6.61 Å². The highest BCUT2D eigenvalue weighted by molar-refractivity contribution is 5.92. The van der Waals surface area contributed by atoms with E-state index in [1.165, 1.54) is 6.42 Å². The van der Waals surface area contributed by atoms with Crippen molar-refractivity contribution in [3.63, 3.8) is 0 Å². The van der Waals surface area contributed by atoms with E-state index in [1.54, 1.807) is 24.3 Å². The monoisotopic (exact) mass is 276 g/mol. The van der Waals surface area contributed by atoms with Crippen molar-refractivity contribution in [3.05, 3.63) is 24.3 Å². The second-order valence-corrected chi connectivity index (χ2v) is 5.10. The van der Waals surface area contributed by atoms with Crippen molar-refractivity contribution < 1.29 is 14.3 Å². The predicted octanol–water partition coefficient (Wildman–Crippen LogP) is 2.07. The molecule has 0 bridgehead atoms. The molecule has 1 aliphatic carbocycles. The van der Waals surface area contributed by atoms with Gasteiger partial charge < -0.3 is 15.8 Å². The van der Waals surface area contributed by atoms with E-state index in [4.69, 9.17) is 10.5 Å². The Morgan fingerprint density at radius 2 is 1.80 bits per heavy atom. The average Bonchev–Trinajstić information content (AvgIpc) is 2.47. The maximum atomic E-state index is 12.1. The molecule has 0 aromatic heterocycles. The molecular weight excluding hydrogens is 256 g/mol. The molecule has 0 heterocycles. The zero-order valence-corrected chi connectivity index (χ0v) is 11.4. The number of nitrogens with two attached hydrogens (primary N) is 1. The minimum atomic E-state index is -0.514. The Labute approximate surface area is 118 Å². The Balaban J connectivity index is 1.86. The molecule has 2 amide bonds. The molecule has 0 aliphatic heterocycles. The van der Waals surface area contributed by atoms with Crippen molar-refractivity contribution >= 4 is 17.5 Å². The van der Waals surface area contributed by atoms with E-state index >= 15 is 0 Å². The Morgan fingerprint density at radius 3 is 2.40 bits per heavy atom. The van der Waals surface area contributed by atoms with Crippen molar-refractivity contribution in [2.24, 2.45) is 11.7 Å². The van der Waals surface area contributed by atoms with Crippen LogP contribution in [0.2, 0.25) is 0 Å². The van der Waals surface area contributed by atoms with E-state index in [0.717, 1.165) is 31.4 Å². The van der Waals surface area contributed by atoms with E-state index in [-0.39, 0.29) is 18.4 Å². The number of hydrogen-bond donors (Lipinski definition) is 2. The number of hydrogen-bond acceptors (Lipinski definition) is 3. The van der Waals surface area contributed by atoms with Crippen LogP contribution < -0.4 is 15.8 Å². The third-order valence-corrected chi connectivity index (χ3v) is 3.48. The van der Waals surface area contributed by atoms with E-state index in [1.807, 2.05) is 0 Å². The highest BCUT2D eigenvalue weighted by Crippen LogP contribution is 2.25. The van der Waals surface area contributed by atoms with Crippen LogP contribution in [0.25, 0.3) is 0 Å². The van der Waals surface area contributed by atoms with Crippen molar-refractivity contribution in [2.45, 2.75) is 32.1 Å². The molecule has 5 nitrogen and oxygen atoms in total. The van der Waals surface area contributed by atoms with Gasteiger partial charge >= 0.3 is 0 Å². The summed E-state index contributed by atoms with van der Waals surface area (Å²) in [6.07, 6.45) is 5.46. The smallest absolute Gasteiger partial charge is 0.255 e. The fourth-order valence-corrected chi connectivity index (χ4v) is 2.40. The quantitative estimate of drug-likeness (QED) is 0.863. The van der Waals surface area contributed by atoms with Gasteiger partial charge in [0, 0.05) is 11.6 Å². The van der Waals surface area contributed by atoms with Crippen LogP contribution >= 0.6 is 0 Å². The van der Waals surface area contributed by atoms with Crippen LogP contribution in [-0.2, 0) is 9.59 Å². The molecule has 20 heavy (non-hydrogen) atoms. The third-order valence-electron chi connectivity index (χ3n) is 3.48. The molecule has 0 radical (unpaired) electrons. The minimum absolute atomic E-state index is 0.0931. The molecule has 0 saturated heterocycles. The highest BCUT2D eigenvalue weighted by atomic mass is 16.5. The molecule has 2 rings (SSSR count). The molecule has 1 aliphatic rings. The molecule has 5 heteroatoms. The standard InChI is InChI=1S/C15H20N2O3/c16-14(18)10-20-13-8-6-12(7-9-13)17-15(19)11-4-2-1-3-5-11/h6-9,11H,1-5,10H2,(H2,16,18)(H,17,19). The summed E-state index contributed by atoms with van der Waals surface area (Å²) in [6, 6.07) is 6.94. The molecule has 0 atom stereocenters. The summed E-state index contributed by atoms with van der Waals surface area (Å²) in [5.74, 6) is 0.268. The molecular formula is C15H20N2O3.